The summed E-state index contributed by atoms with van der Waals surface area (Å²) < 4.78 is 7.63. The lowest BCUT2D eigenvalue weighted by Crippen LogP contribution is -2.37. The number of nitrogens with one attached hydrogen (secondary N) is 2. The predicted molar refractivity (Wildman–Crippen MR) is 110 cm³/mol. The van der Waals surface area contributed by atoms with Gasteiger partial charge in [-0.25, -0.2) is 4.99 Å². The smallest absolute Gasteiger partial charge is 0.191 e. The highest BCUT2D eigenvalue weighted by atomic mass is 16.5. The van der Waals surface area contributed by atoms with Crippen LogP contribution in [0.2, 0.25) is 0 Å². The van der Waals surface area contributed by atoms with Crippen molar-refractivity contribution in [3.8, 4) is 5.75 Å². The summed E-state index contributed by atoms with van der Waals surface area (Å²) in [5.74, 6) is 1.70. The van der Waals surface area contributed by atoms with E-state index in [0.717, 1.165) is 49.1 Å². The third kappa shape index (κ3) is 7.70. The van der Waals surface area contributed by atoms with Crippen LogP contribution in [0.5, 0.6) is 5.75 Å². The summed E-state index contributed by atoms with van der Waals surface area (Å²) in [5, 5.41) is 10.8. The summed E-state index contributed by atoms with van der Waals surface area (Å²) >= 11 is 0. The molecule has 0 aliphatic carbocycles. The molecule has 0 atom stereocenters. The standard InChI is InChI=1S/C20H32N6O/c1-5-21-20(23-16-18-11-12-24-26(18)4)22-15-17-7-9-19(10-8-17)27-14-6-13-25(2)3/h7-12H,5-6,13-16H2,1-4H3,(H2,21,22,23). The number of ether oxygens (including phenoxy) is 1. The number of aliphatic imine (C=N–C) groups is 1. The zero-order valence-electron chi connectivity index (χ0n) is 16.9. The second kappa shape index (κ2) is 11.2. The number of nitrogens with zero attached hydrogens (tertiary/aromatic N) is 4. The lowest BCUT2D eigenvalue weighted by molar-refractivity contribution is 0.281. The average Bonchev–Trinajstić information content (AvgIpc) is 3.07. The Kier molecular flexibility index (Phi) is 8.64. The van der Waals surface area contributed by atoms with Crippen molar-refractivity contribution in [2.24, 2.45) is 12.0 Å². The van der Waals surface area contributed by atoms with E-state index < -0.39 is 0 Å². The van der Waals surface area contributed by atoms with E-state index >= 15 is 0 Å². The third-order valence-electron chi connectivity index (χ3n) is 4.07. The van der Waals surface area contributed by atoms with Crippen LogP contribution in [-0.4, -0.2) is 54.4 Å². The first-order valence-electron chi connectivity index (χ1n) is 9.44. The van der Waals surface area contributed by atoms with Gasteiger partial charge in [-0.05, 0) is 51.2 Å². The Bertz CT molecular complexity index is 693. The van der Waals surface area contributed by atoms with Gasteiger partial charge in [0.1, 0.15) is 5.75 Å². The van der Waals surface area contributed by atoms with Crippen molar-refractivity contribution in [3.05, 3.63) is 47.8 Å². The Morgan fingerprint density at radius 2 is 1.96 bits per heavy atom. The molecule has 0 unspecified atom stereocenters. The highest BCUT2D eigenvalue weighted by Crippen LogP contribution is 2.13. The molecule has 0 saturated heterocycles. The molecule has 0 radical (unpaired) electrons. The largest absolute Gasteiger partial charge is 0.494 e. The van der Waals surface area contributed by atoms with Gasteiger partial charge >= 0.3 is 0 Å². The molecular formula is C20H32N6O. The molecule has 1 aromatic heterocycles. The number of aromatic nitrogens is 2. The summed E-state index contributed by atoms with van der Waals surface area (Å²) in [4.78, 5) is 6.82. The van der Waals surface area contributed by atoms with E-state index in [4.69, 9.17) is 4.74 Å². The van der Waals surface area contributed by atoms with Crippen molar-refractivity contribution in [2.75, 3.05) is 33.8 Å². The SMILES string of the molecule is CCNC(=NCc1ccc(OCCCN(C)C)cc1)NCc1ccnn1C. The second-order valence-corrected chi connectivity index (χ2v) is 6.64. The molecule has 1 aromatic carbocycles. The Balaban J connectivity index is 1.82. The molecule has 2 rings (SSSR count). The van der Waals surface area contributed by atoms with Crippen LogP contribution in [0.1, 0.15) is 24.6 Å². The normalized spacial score (nSPS) is 11.7. The number of hydrogen-bond acceptors (Lipinski definition) is 4. The van der Waals surface area contributed by atoms with E-state index in [2.05, 4.69) is 58.8 Å². The first-order chi connectivity index (χ1) is 13.1. The molecule has 0 fully saturated rings. The van der Waals surface area contributed by atoms with Crippen LogP contribution in [0, 0.1) is 0 Å². The summed E-state index contributed by atoms with van der Waals surface area (Å²) in [6, 6.07) is 10.1. The van der Waals surface area contributed by atoms with Crippen LogP contribution in [0.25, 0.3) is 0 Å². The average molecular weight is 373 g/mol. The number of guanidine groups is 1. The predicted octanol–water partition coefficient (Wildman–Crippen LogP) is 2.01. The lowest BCUT2D eigenvalue weighted by atomic mass is 10.2. The fourth-order valence-corrected chi connectivity index (χ4v) is 2.52. The van der Waals surface area contributed by atoms with Crippen molar-refractivity contribution in [3.63, 3.8) is 0 Å². The molecule has 27 heavy (non-hydrogen) atoms. The Labute approximate surface area is 162 Å². The summed E-state index contributed by atoms with van der Waals surface area (Å²) in [6.45, 7) is 5.94. The van der Waals surface area contributed by atoms with Crippen LogP contribution in [-0.2, 0) is 20.1 Å². The molecule has 0 amide bonds. The van der Waals surface area contributed by atoms with E-state index in [1.807, 2.05) is 29.9 Å². The molecule has 148 valence electrons. The van der Waals surface area contributed by atoms with Crippen molar-refractivity contribution < 1.29 is 4.74 Å². The number of rotatable bonds is 10. The van der Waals surface area contributed by atoms with Crippen molar-refractivity contribution >= 4 is 5.96 Å². The second-order valence-electron chi connectivity index (χ2n) is 6.64. The maximum atomic E-state index is 5.77. The van der Waals surface area contributed by atoms with Gasteiger partial charge in [0.25, 0.3) is 0 Å². The van der Waals surface area contributed by atoms with Crippen LogP contribution < -0.4 is 15.4 Å². The monoisotopic (exact) mass is 372 g/mol. The van der Waals surface area contributed by atoms with Crippen molar-refractivity contribution in [2.45, 2.75) is 26.4 Å². The maximum absolute atomic E-state index is 5.77. The van der Waals surface area contributed by atoms with Gasteiger partial charge in [-0.2, -0.15) is 5.10 Å². The fourth-order valence-electron chi connectivity index (χ4n) is 2.52. The Hall–Kier alpha value is -2.54. The van der Waals surface area contributed by atoms with E-state index in [9.17, 15) is 0 Å². The maximum Gasteiger partial charge on any atom is 0.191 e. The van der Waals surface area contributed by atoms with Gasteiger partial charge in [-0.15, -0.1) is 0 Å². The van der Waals surface area contributed by atoms with Gasteiger partial charge in [0, 0.05) is 26.3 Å². The summed E-state index contributed by atoms with van der Waals surface area (Å²) in [7, 11) is 6.08. The summed E-state index contributed by atoms with van der Waals surface area (Å²) in [5.41, 5.74) is 2.25. The number of hydrogen-bond donors (Lipinski definition) is 2. The molecule has 7 heteroatoms. The molecule has 0 bridgehead atoms. The van der Waals surface area contributed by atoms with Crippen LogP contribution in [0.4, 0.5) is 0 Å². The molecular weight excluding hydrogens is 340 g/mol. The minimum atomic E-state index is 0.613. The van der Waals surface area contributed by atoms with Crippen molar-refractivity contribution in [1.82, 2.24) is 25.3 Å². The number of aryl methyl sites for hydroxylation is 1. The van der Waals surface area contributed by atoms with E-state index in [1.54, 1.807) is 6.20 Å². The third-order valence-corrected chi connectivity index (χ3v) is 4.07. The van der Waals surface area contributed by atoms with Gasteiger partial charge in [0.2, 0.25) is 0 Å². The highest BCUT2D eigenvalue weighted by molar-refractivity contribution is 5.79. The minimum Gasteiger partial charge on any atom is -0.494 e. The molecule has 2 aromatic rings. The minimum absolute atomic E-state index is 0.613. The zero-order chi connectivity index (χ0) is 19.5. The highest BCUT2D eigenvalue weighted by Gasteiger charge is 2.02. The fraction of sp³-hybridized carbons (Fsp3) is 0.500. The van der Waals surface area contributed by atoms with Crippen LogP contribution in [0.15, 0.2) is 41.5 Å². The lowest BCUT2D eigenvalue weighted by Gasteiger charge is -2.12. The van der Waals surface area contributed by atoms with Gasteiger partial charge < -0.3 is 20.3 Å². The van der Waals surface area contributed by atoms with E-state index in [0.29, 0.717) is 13.1 Å². The number of benzene rings is 1. The van der Waals surface area contributed by atoms with Gasteiger partial charge in [0.15, 0.2) is 5.96 Å². The Morgan fingerprint density at radius 3 is 2.59 bits per heavy atom. The molecule has 0 aliphatic heterocycles. The topological polar surface area (TPSA) is 66.7 Å². The molecule has 0 saturated carbocycles. The van der Waals surface area contributed by atoms with Crippen LogP contribution in [0.3, 0.4) is 0 Å². The quantitative estimate of drug-likeness (QED) is 0.379. The first kappa shape index (κ1) is 20.8. The van der Waals surface area contributed by atoms with E-state index in [-0.39, 0.29) is 0 Å². The van der Waals surface area contributed by atoms with Crippen molar-refractivity contribution in [1.29, 1.82) is 0 Å². The Morgan fingerprint density at radius 1 is 1.19 bits per heavy atom. The van der Waals surface area contributed by atoms with Gasteiger partial charge in [-0.1, -0.05) is 12.1 Å². The molecule has 1 heterocycles. The molecule has 0 spiro atoms. The zero-order valence-corrected chi connectivity index (χ0v) is 16.9. The van der Waals surface area contributed by atoms with Gasteiger partial charge in [0.05, 0.1) is 25.4 Å². The first-order valence-corrected chi connectivity index (χ1v) is 9.44. The van der Waals surface area contributed by atoms with E-state index in [1.165, 1.54) is 0 Å². The summed E-state index contributed by atoms with van der Waals surface area (Å²) in [6.07, 6.45) is 2.82. The molecule has 0 aliphatic rings. The molecule has 2 N–H and O–H groups in total. The van der Waals surface area contributed by atoms with Gasteiger partial charge in [-0.3, -0.25) is 4.68 Å². The molecule has 7 nitrogen and oxygen atoms in total. The van der Waals surface area contributed by atoms with Crippen LogP contribution >= 0.6 is 0 Å².